The molecule has 0 spiro atoms. The molecular formula is C11H13Br2N3O2. The summed E-state index contributed by atoms with van der Waals surface area (Å²) < 4.78 is 1.62. The van der Waals surface area contributed by atoms with Crippen LogP contribution in [0.15, 0.2) is 32.3 Å². The van der Waals surface area contributed by atoms with Crippen molar-refractivity contribution in [1.29, 1.82) is 0 Å². The van der Waals surface area contributed by atoms with Crippen LogP contribution in [0.5, 0.6) is 0 Å². The summed E-state index contributed by atoms with van der Waals surface area (Å²) in [6, 6.07) is 5.28. The lowest BCUT2D eigenvalue weighted by Gasteiger charge is -2.11. The van der Waals surface area contributed by atoms with Crippen LogP contribution in [0, 0.1) is 5.92 Å². The molecule has 0 aliphatic heterocycles. The van der Waals surface area contributed by atoms with Gasteiger partial charge in [-0.25, -0.2) is 0 Å². The molecule has 0 bridgehead atoms. The predicted octanol–water partition coefficient (Wildman–Crippen LogP) is 2.32. The summed E-state index contributed by atoms with van der Waals surface area (Å²) in [7, 11) is 0. The predicted molar refractivity (Wildman–Crippen MR) is 76.7 cm³/mol. The minimum atomic E-state index is -0.227. The second kappa shape index (κ2) is 6.75. The van der Waals surface area contributed by atoms with Crippen molar-refractivity contribution in [3.05, 3.63) is 32.7 Å². The molecule has 0 fully saturated rings. The monoisotopic (exact) mass is 377 g/mol. The van der Waals surface area contributed by atoms with Crippen LogP contribution in [0.25, 0.3) is 0 Å². The number of carbonyl (C=O) groups is 1. The molecule has 1 amide bonds. The molecular weight excluding hydrogens is 366 g/mol. The van der Waals surface area contributed by atoms with Crippen molar-refractivity contribution < 1.29 is 10.0 Å². The number of hydrogen-bond acceptors (Lipinski definition) is 3. The first-order valence-electron chi connectivity index (χ1n) is 5.15. The zero-order valence-electron chi connectivity index (χ0n) is 9.65. The largest absolute Gasteiger partial charge is 0.409 e. The number of amidine groups is 1. The fourth-order valence-electron chi connectivity index (χ4n) is 1.24. The van der Waals surface area contributed by atoms with Crippen LogP contribution in [0.2, 0.25) is 0 Å². The second-order valence-electron chi connectivity index (χ2n) is 3.79. The van der Waals surface area contributed by atoms with Crippen molar-refractivity contribution in [3.63, 3.8) is 0 Å². The normalized spacial score (nSPS) is 13.2. The van der Waals surface area contributed by atoms with Gasteiger partial charge in [-0.3, -0.25) is 4.79 Å². The third kappa shape index (κ3) is 4.30. The summed E-state index contributed by atoms with van der Waals surface area (Å²) >= 11 is 6.63. The molecule has 1 aromatic rings. The van der Waals surface area contributed by atoms with Gasteiger partial charge in [-0.2, -0.15) is 0 Å². The molecule has 0 aromatic heterocycles. The Labute approximate surface area is 122 Å². The lowest BCUT2D eigenvalue weighted by atomic mass is 10.1. The Morgan fingerprint density at radius 3 is 2.50 bits per heavy atom. The highest BCUT2D eigenvalue weighted by Crippen LogP contribution is 2.20. The maximum Gasteiger partial charge on any atom is 0.251 e. The van der Waals surface area contributed by atoms with Crippen molar-refractivity contribution in [1.82, 2.24) is 5.32 Å². The Hall–Kier alpha value is -1.08. The van der Waals surface area contributed by atoms with E-state index in [0.29, 0.717) is 12.1 Å². The Kier molecular flexibility index (Phi) is 5.61. The van der Waals surface area contributed by atoms with Crippen molar-refractivity contribution >= 4 is 43.6 Å². The summed E-state index contributed by atoms with van der Waals surface area (Å²) in [4.78, 5) is 11.9. The van der Waals surface area contributed by atoms with Crippen LogP contribution in [-0.2, 0) is 0 Å². The van der Waals surface area contributed by atoms with Gasteiger partial charge in [0.25, 0.3) is 5.91 Å². The summed E-state index contributed by atoms with van der Waals surface area (Å²) in [6.45, 7) is 2.06. The second-order valence-corrected chi connectivity index (χ2v) is 5.63. The lowest BCUT2D eigenvalue weighted by molar-refractivity contribution is 0.0951. The number of benzene rings is 1. The number of nitrogens with one attached hydrogen (secondary N) is 1. The Morgan fingerprint density at radius 2 is 2.00 bits per heavy atom. The van der Waals surface area contributed by atoms with Gasteiger partial charge in [0, 0.05) is 27.0 Å². The van der Waals surface area contributed by atoms with Gasteiger partial charge in [-0.05, 0) is 18.2 Å². The molecule has 0 saturated carbocycles. The van der Waals surface area contributed by atoms with E-state index >= 15 is 0 Å². The van der Waals surface area contributed by atoms with Gasteiger partial charge in [0.1, 0.15) is 5.84 Å². The van der Waals surface area contributed by atoms with Crippen LogP contribution in [-0.4, -0.2) is 23.5 Å². The average Bonchev–Trinajstić information content (AvgIpc) is 2.33. The van der Waals surface area contributed by atoms with Crippen LogP contribution in [0.3, 0.4) is 0 Å². The van der Waals surface area contributed by atoms with E-state index in [9.17, 15) is 4.79 Å². The minimum absolute atomic E-state index is 0.0886. The number of amides is 1. The summed E-state index contributed by atoms with van der Waals surface area (Å²) in [5.41, 5.74) is 5.95. The first-order chi connectivity index (χ1) is 8.43. The summed E-state index contributed by atoms with van der Waals surface area (Å²) in [5.74, 6) is -0.352. The molecule has 18 heavy (non-hydrogen) atoms. The smallest absolute Gasteiger partial charge is 0.251 e. The zero-order chi connectivity index (χ0) is 13.7. The molecule has 0 radical (unpaired) electrons. The van der Waals surface area contributed by atoms with E-state index in [1.165, 1.54) is 0 Å². The standard InChI is InChI=1S/C11H13Br2N3O2/c1-6(10(14)16-18)5-15-11(17)7-2-8(12)4-9(13)3-7/h2-4,6,18H,5H2,1H3,(H2,14,16)(H,15,17). The van der Waals surface area contributed by atoms with E-state index in [-0.39, 0.29) is 17.7 Å². The van der Waals surface area contributed by atoms with E-state index in [2.05, 4.69) is 42.3 Å². The zero-order valence-corrected chi connectivity index (χ0v) is 12.8. The SMILES string of the molecule is CC(CNC(=O)c1cc(Br)cc(Br)c1)/C(N)=N/O. The van der Waals surface area contributed by atoms with E-state index in [4.69, 9.17) is 10.9 Å². The molecule has 0 heterocycles. The molecule has 5 nitrogen and oxygen atoms in total. The van der Waals surface area contributed by atoms with E-state index in [0.717, 1.165) is 8.95 Å². The number of nitrogens with zero attached hydrogens (tertiary/aromatic N) is 1. The molecule has 1 aromatic carbocycles. The minimum Gasteiger partial charge on any atom is -0.409 e. The third-order valence-electron chi connectivity index (χ3n) is 2.31. The Bertz CT molecular complexity index is 457. The van der Waals surface area contributed by atoms with Gasteiger partial charge in [0.15, 0.2) is 0 Å². The molecule has 4 N–H and O–H groups in total. The fourth-order valence-corrected chi connectivity index (χ4v) is 2.53. The van der Waals surface area contributed by atoms with Crippen molar-refractivity contribution in [3.8, 4) is 0 Å². The van der Waals surface area contributed by atoms with Gasteiger partial charge in [0.2, 0.25) is 0 Å². The Morgan fingerprint density at radius 1 is 1.44 bits per heavy atom. The van der Waals surface area contributed by atoms with Gasteiger partial charge < -0.3 is 16.3 Å². The van der Waals surface area contributed by atoms with Gasteiger partial charge in [-0.1, -0.05) is 43.9 Å². The number of oxime groups is 1. The molecule has 0 aliphatic rings. The summed E-state index contributed by atoms with van der Waals surface area (Å²) in [5, 5.41) is 14.1. The molecule has 0 aliphatic carbocycles. The van der Waals surface area contributed by atoms with Gasteiger partial charge in [0.05, 0.1) is 0 Å². The highest BCUT2D eigenvalue weighted by molar-refractivity contribution is 9.11. The lowest BCUT2D eigenvalue weighted by Crippen LogP contribution is -2.34. The van der Waals surface area contributed by atoms with Crippen molar-refractivity contribution in [2.45, 2.75) is 6.92 Å². The van der Waals surface area contributed by atoms with E-state index < -0.39 is 0 Å². The number of nitrogens with two attached hydrogens (primary N) is 1. The number of halogens is 2. The van der Waals surface area contributed by atoms with Crippen LogP contribution in [0.1, 0.15) is 17.3 Å². The summed E-state index contributed by atoms with van der Waals surface area (Å²) in [6.07, 6.45) is 0. The first kappa shape index (κ1) is 15.0. The topological polar surface area (TPSA) is 87.7 Å². The van der Waals surface area contributed by atoms with E-state index in [1.54, 1.807) is 19.1 Å². The third-order valence-corrected chi connectivity index (χ3v) is 3.23. The van der Waals surface area contributed by atoms with Crippen LogP contribution in [0.4, 0.5) is 0 Å². The molecule has 98 valence electrons. The maximum absolute atomic E-state index is 11.9. The number of carbonyl (C=O) groups excluding carboxylic acids is 1. The number of rotatable bonds is 4. The highest BCUT2D eigenvalue weighted by atomic mass is 79.9. The molecule has 1 atom stereocenters. The maximum atomic E-state index is 11.9. The average molecular weight is 379 g/mol. The van der Waals surface area contributed by atoms with Crippen LogP contribution < -0.4 is 11.1 Å². The molecule has 0 saturated heterocycles. The highest BCUT2D eigenvalue weighted by Gasteiger charge is 2.11. The molecule has 1 rings (SSSR count). The van der Waals surface area contributed by atoms with Crippen molar-refractivity contribution in [2.75, 3.05) is 6.54 Å². The van der Waals surface area contributed by atoms with Gasteiger partial charge in [-0.15, -0.1) is 0 Å². The van der Waals surface area contributed by atoms with Gasteiger partial charge >= 0.3 is 0 Å². The number of hydrogen-bond donors (Lipinski definition) is 3. The quantitative estimate of drug-likeness (QED) is 0.325. The van der Waals surface area contributed by atoms with Crippen molar-refractivity contribution in [2.24, 2.45) is 16.8 Å². The van der Waals surface area contributed by atoms with Crippen LogP contribution >= 0.6 is 31.9 Å². The fraction of sp³-hybridized carbons (Fsp3) is 0.273. The molecule has 1 unspecified atom stereocenters. The van der Waals surface area contributed by atoms with E-state index in [1.807, 2.05) is 6.07 Å². The first-order valence-corrected chi connectivity index (χ1v) is 6.74. The Balaban J connectivity index is 2.66. The molecule has 7 heteroatoms.